The monoisotopic (exact) mass is 111 g/mol. The topological polar surface area (TPSA) is 12.0 Å². The van der Waals surface area contributed by atoms with Crippen LogP contribution in [0.4, 0.5) is 0 Å². The lowest BCUT2D eigenvalue weighted by Gasteiger charge is -1.84. The van der Waals surface area contributed by atoms with E-state index in [1.165, 1.54) is 0 Å². The molecule has 0 aliphatic heterocycles. The molecule has 1 heteroatoms. The van der Waals surface area contributed by atoms with E-state index < -0.39 is 0 Å². The summed E-state index contributed by atoms with van der Waals surface area (Å²) < 4.78 is 0. The van der Waals surface area contributed by atoms with E-state index in [4.69, 9.17) is 0 Å². The number of hydrogen-bond donors (Lipinski definition) is 1. The van der Waals surface area contributed by atoms with Gasteiger partial charge in [-0.2, -0.15) is 0 Å². The lowest BCUT2D eigenvalue weighted by Crippen LogP contribution is -2.00. The second-order valence-corrected chi connectivity index (χ2v) is 1.48. The van der Waals surface area contributed by atoms with Gasteiger partial charge in [0.2, 0.25) is 0 Å². The van der Waals surface area contributed by atoms with E-state index in [1.807, 2.05) is 12.3 Å². The van der Waals surface area contributed by atoms with Crippen LogP contribution in [0.2, 0.25) is 0 Å². The molecule has 0 aromatic heterocycles. The molecule has 0 heterocycles. The van der Waals surface area contributed by atoms with Crippen molar-refractivity contribution in [2.24, 2.45) is 0 Å². The zero-order valence-corrected chi connectivity index (χ0v) is 5.57. The molecule has 0 saturated heterocycles. The van der Waals surface area contributed by atoms with Crippen LogP contribution in [0.5, 0.6) is 0 Å². The molecule has 46 valence electrons. The molecule has 0 spiro atoms. The highest BCUT2D eigenvalue weighted by Gasteiger charge is 1.60. The predicted octanol–water partition coefficient (Wildman–Crippen LogP) is 1.67. The first kappa shape index (κ1) is 7.32. The molecule has 1 N–H and O–H groups in total. The molecule has 0 rings (SSSR count). The van der Waals surface area contributed by atoms with Crippen LogP contribution >= 0.6 is 0 Å². The first-order valence-corrected chi connectivity index (χ1v) is 3.04. The Kier molecular flexibility index (Phi) is 5.78. The minimum absolute atomic E-state index is 0.977. The van der Waals surface area contributed by atoms with Crippen molar-refractivity contribution in [1.82, 2.24) is 5.32 Å². The fourth-order valence-electron chi connectivity index (χ4n) is 0.338. The van der Waals surface area contributed by atoms with Crippen molar-refractivity contribution in [2.75, 3.05) is 6.54 Å². The summed E-state index contributed by atoms with van der Waals surface area (Å²) in [6.07, 6.45) is 4.88. The van der Waals surface area contributed by atoms with Crippen molar-refractivity contribution < 1.29 is 0 Å². The van der Waals surface area contributed by atoms with Crippen LogP contribution in [-0.4, -0.2) is 6.54 Å². The summed E-state index contributed by atoms with van der Waals surface area (Å²) in [4.78, 5) is 0. The van der Waals surface area contributed by atoms with Crippen molar-refractivity contribution in [3.8, 4) is 0 Å². The molecule has 0 saturated carbocycles. The van der Waals surface area contributed by atoms with E-state index in [9.17, 15) is 0 Å². The van der Waals surface area contributed by atoms with Crippen LogP contribution in [-0.2, 0) is 0 Å². The SMILES string of the molecule is CCC=C=CNCC. The van der Waals surface area contributed by atoms with Crippen LogP contribution in [0.1, 0.15) is 20.3 Å². The third-order valence-corrected chi connectivity index (χ3v) is 0.711. The van der Waals surface area contributed by atoms with Gasteiger partial charge in [-0.1, -0.05) is 6.92 Å². The normalized spacial score (nSPS) is 7.25. The minimum Gasteiger partial charge on any atom is -0.385 e. The molecule has 0 fully saturated rings. The highest BCUT2D eigenvalue weighted by molar-refractivity contribution is 4.81. The second kappa shape index (κ2) is 6.32. The third-order valence-electron chi connectivity index (χ3n) is 0.711. The molecule has 0 bridgehead atoms. The molecular formula is C7H13N. The Morgan fingerprint density at radius 2 is 2.25 bits per heavy atom. The zero-order valence-electron chi connectivity index (χ0n) is 5.57. The third kappa shape index (κ3) is 5.32. The molecule has 0 amide bonds. The van der Waals surface area contributed by atoms with E-state index in [0.717, 1.165) is 13.0 Å². The molecule has 0 aromatic rings. The quantitative estimate of drug-likeness (QED) is 0.546. The summed E-state index contributed by atoms with van der Waals surface area (Å²) in [6, 6.07) is 0. The van der Waals surface area contributed by atoms with Crippen molar-refractivity contribution in [1.29, 1.82) is 0 Å². The molecule has 0 aromatic carbocycles. The Morgan fingerprint density at radius 1 is 1.50 bits per heavy atom. The summed E-state index contributed by atoms with van der Waals surface area (Å²) in [6.45, 7) is 5.13. The second-order valence-electron chi connectivity index (χ2n) is 1.48. The molecule has 0 atom stereocenters. The van der Waals surface area contributed by atoms with Gasteiger partial charge >= 0.3 is 0 Å². The van der Waals surface area contributed by atoms with Gasteiger partial charge in [0.15, 0.2) is 0 Å². The van der Waals surface area contributed by atoms with Crippen molar-refractivity contribution in [3.63, 3.8) is 0 Å². The van der Waals surface area contributed by atoms with Gasteiger partial charge in [0.25, 0.3) is 0 Å². The van der Waals surface area contributed by atoms with Gasteiger partial charge in [0, 0.05) is 12.7 Å². The maximum atomic E-state index is 3.02. The smallest absolute Gasteiger partial charge is 0.0394 e. The lowest BCUT2D eigenvalue weighted by molar-refractivity contribution is 0.920. The van der Waals surface area contributed by atoms with Gasteiger partial charge in [0.05, 0.1) is 0 Å². The summed E-state index contributed by atoms with van der Waals surface area (Å²) in [5.41, 5.74) is 2.97. The van der Waals surface area contributed by atoms with E-state index in [1.54, 1.807) is 0 Å². The van der Waals surface area contributed by atoms with Crippen LogP contribution < -0.4 is 5.32 Å². The van der Waals surface area contributed by atoms with Crippen LogP contribution in [0, 0.1) is 0 Å². The lowest BCUT2D eigenvalue weighted by atomic mass is 10.5. The molecular weight excluding hydrogens is 98.1 g/mol. The van der Waals surface area contributed by atoms with Gasteiger partial charge in [-0.05, 0) is 19.4 Å². The highest BCUT2D eigenvalue weighted by atomic mass is 14.8. The van der Waals surface area contributed by atoms with Gasteiger partial charge in [-0.25, -0.2) is 0 Å². The maximum absolute atomic E-state index is 3.02. The molecule has 0 aliphatic rings. The Balaban J connectivity index is 3.18. The standard InChI is InChI=1S/C7H13N/c1-3-5-6-7-8-4-2/h5,7-8H,3-4H2,1-2H3. The zero-order chi connectivity index (χ0) is 6.24. The summed E-state index contributed by atoms with van der Waals surface area (Å²) >= 11 is 0. The predicted molar refractivity (Wildman–Crippen MR) is 36.6 cm³/mol. The molecule has 0 aliphatic carbocycles. The first-order chi connectivity index (χ1) is 3.91. The van der Waals surface area contributed by atoms with Crippen LogP contribution in [0.3, 0.4) is 0 Å². The van der Waals surface area contributed by atoms with Crippen molar-refractivity contribution >= 4 is 0 Å². The molecule has 1 nitrogen and oxygen atoms in total. The van der Waals surface area contributed by atoms with E-state index in [2.05, 4.69) is 24.9 Å². The Bertz CT molecular complexity index is 88.6. The van der Waals surface area contributed by atoms with E-state index in [-0.39, 0.29) is 0 Å². The van der Waals surface area contributed by atoms with Crippen molar-refractivity contribution in [3.05, 3.63) is 18.0 Å². The van der Waals surface area contributed by atoms with Crippen molar-refractivity contribution in [2.45, 2.75) is 20.3 Å². The fourth-order valence-corrected chi connectivity index (χ4v) is 0.338. The van der Waals surface area contributed by atoms with E-state index in [0.29, 0.717) is 0 Å². The highest BCUT2D eigenvalue weighted by Crippen LogP contribution is 1.72. The largest absolute Gasteiger partial charge is 0.385 e. The number of nitrogens with one attached hydrogen (secondary N) is 1. The molecule has 0 radical (unpaired) electrons. The van der Waals surface area contributed by atoms with Crippen LogP contribution in [0.25, 0.3) is 0 Å². The Morgan fingerprint density at radius 3 is 2.75 bits per heavy atom. The summed E-state index contributed by atoms with van der Waals surface area (Å²) in [7, 11) is 0. The average Bonchev–Trinajstić information content (AvgIpc) is 1.81. The number of rotatable bonds is 3. The van der Waals surface area contributed by atoms with Gasteiger partial charge in [-0.15, -0.1) is 5.73 Å². The first-order valence-electron chi connectivity index (χ1n) is 3.04. The minimum atomic E-state index is 0.977. The molecule has 0 unspecified atom stereocenters. The van der Waals surface area contributed by atoms with Gasteiger partial charge < -0.3 is 5.32 Å². The number of allylic oxidation sites excluding steroid dienone is 1. The summed E-state index contributed by atoms with van der Waals surface area (Å²) in [5.74, 6) is 0. The van der Waals surface area contributed by atoms with Crippen LogP contribution in [0.15, 0.2) is 18.0 Å². The number of hydrogen-bond acceptors (Lipinski definition) is 1. The summed E-state index contributed by atoms with van der Waals surface area (Å²) in [5, 5.41) is 3.02. The average molecular weight is 111 g/mol. The molecule has 8 heavy (non-hydrogen) atoms. The van der Waals surface area contributed by atoms with Gasteiger partial charge in [-0.3, -0.25) is 0 Å². The van der Waals surface area contributed by atoms with E-state index >= 15 is 0 Å². The Hall–Kier alpha value is -0.680. The maximum Gasteiger partial charge on any atom is 0.0394 e. The van der Waals surface area contributed by atoms with Gasteiger partial charge in [0.1, 0.15) is 0 Å². The Labute approximate surface area is 51.1 Å². The fraction of sp³-hybridized carbons (Fsp3) is 0.571.